The van der Waals surface area contributed by atoms with Crippen molar-refractivity contribution < 1.29 is 0 Å². The lowest BCUT2D eigenvalue weighted by Crippen LogP contribution is -2.38. The van der Waals surface area contributed by atoms with Crippen LogP contribution in [0.4, 0.5) is 5.69 Å². The van der Waals surface area contributed by atoms with Gasteiger partial charge in [-0.3, -0.25) is 4.90 Å². The topological polar surface area (TPSA) is 53.0 Å². The number of hydrogen-bond acceptors (Lipinski definition) is 3. The molecule has 1 aromatic carbocycles. The Morgan fingerprint density at radius 1 is 1.28 bits per heavy atom. The van der Waals surface area contributed by atoms with E-state index in [4.69, 9.17) is 11.0 Å². The van der Waals surface area contributed by atoms with Gasteiger partial charge in [-0.2, -0.15) is 5.26 Å². The second-order valence-corrected chi connectivity index (χ2v) is 5.66. The van der Waals surface area contributed by atoms with Crippen molar-refractivity contribution in [1.29, 1.82) is 5.26 Å². The number of nitrogen functional groups attached to an aromatic ring is 1. The second-order valence-electron chi connectivity index (χ2n) is 5.66. The van der Waals surface area contributed by atoms with Gasteiger partial charge in [0.25, 0.3) is 0 Å². The maximum Gasteiger partial charge on any atom is 0.0627 e. The van der Waals surface area contributed by atoms with Gasteiger partial charge in [0.1, 0.15) is 0 Å². The van der Waals surface area contributed by atoms with Crippen LogP contribution < -0.4 is 5.73 Å². The lowest BCUT2D eigenvalue weighted by atomic mass is 9.78. The molecule has 0 aromatic heterocycles. The highest BCUT2D eigenvalue weighted by Gasteiger charge is 2.29. The third kappa shape index (κ3) is 3.24. The molecule has 0 atom stereocenters. The zero-order chi connectivity index (χ0) is 13.0. The number of nitriles is 1. The molecule has 1 saturated heterocycles. The minimum absolute atomic E-state index is 0.229. The fourth-order valence-corrected chi connectivity index (χ4v) is 2.50. The number of hydrogen-bond donors (Lipinski definition) is 1. The third-order valence-corrected chi connectivity index (χ3v) is 3.95. The molecule has 0 bridgehead atoms. The van der Waals surface area contributed by atoms with Crippen molar-refractivity contribution in [2.24, 2.45) is 5.41 Å². The molecule has 0 aliphatic carbocycles. The van der Waals surface area contributed by atoms with E-state index in [0.29, 0.717) is 6.42 Å². The molecule has 1 aromatic rings. The molecule has 1 aliphatic heterocycles. The van der Waals surface area contributed by atoms with E-state index in [-0.39, 0.29) is 5.41 Å². The molecule has 0 spiro atoms. The smallest absolute Gasteiger partial charge is 0.0627 e. The van der Waals surface area contributed by atoms with Crippen molar-refractivity contribution in [3.63, 3.8) is 0 Å². The molecular weight excluding hydrogens is 222 g/mol. The van der Waals surface area contributed by atoms with E-state index >= 15 is 0 Å². The van der Waals surface area contributed by atoms with Crippen LogP contribution in [0.2, 0.25) is 0 Å². The Labute approximate surface area is 109 Å². The largest absolute Gasteiger partial charge is 0.399 e. The van der Waals surface area contributed by atoms with Crippen molar-refractivity contribution in [1.82, 2.24) is 4.90 Å². The van der Waals surface area contributed by atoms with Crippen LogP contribution in [0.15, 0.2) is 24.3 Å². The molecule has 1 fully saturated rings. The first kappa shape index (κ1) is 12.9. The highest BCUT2D eigenvalue weighted by atomic mass is 15.1. The number of rotatable bonds is 3. The zero-order valence-electron chi connectivity index (χ0n) is 11.0. The summed E-state index contributed by atoms with van der Waals surface area (Å²) in [5, 5.41) is 8.84. The van der Waals surface area contributed by atoms with Crippen LogP contribution in [-0.2, 0) is 6.54 Å². The predicted molar refractivity (Wildman–Crippen MR) is 73.7 cm³/mol. The van der Waals surface area contributed by atoms with E-state index in [0.717, 1.165) is 38.2 Å². The first-order valence-electron chi connectivity index (χ1n) is 6.55. The fraction of sp³-hybridized carbons (Fsp3) is 0.533. The molecule has 0 amide bonds. The van der Waals surface area contributed by atoms with Crippen molar-refractivity contribution in [2.75, 3.05) is 18.8 Å². The lowest BCUT2D eigenvalue weighted by molar-refractivity contribution is 0.116. The summed E-state index contributed by atoms with van der Waals surface area (Å²) in [4.78, 5) is 2.46. The Kier molecular flexibility index (Phi) is 3.88. The van der Waals surface area contributed by atoms with Gasteiger partial charge in [-0.15, -0.1) is 0 Å². The van der Waals surface area contributed by atoms with E-state index in [1.165, 1.54) is 5.56 Å². The minimum atomic E-state index is 0.229. The van der Waals surface area contributed by atoms with Crippen LogP contribution in [-0.4, -0.2) is 18.0 Å². The molecule has 2 N–H and O–H groups in total. The first-order valence-corrected chi connectivity index (χ1v) is 6.55. The Bertz CT molecular complexity index is 422. The number of piperidine rings is 1. The molecule has 0 unspecified atom stereocenters. The SMILES string of the molecule is CC1(CC#N)CCN(Cc2ccc(N)cc2)CC1. The number of nitrogens with two attached hydrogens (primary N) is 1. The van der Waals surface area contributed by atoms with E-state index in [2.05, 4.69) is 30.0 Å². The van der Waals surface area contributed by atoms with Gasteiger partial charge in [0.05, 0.1) is 6.07 Å². The fourth-order valence-electron chi connectivity index (χ4n) is 2.50. The van der Waals surface area contributed by atoms with E-state index in [9.17, 15) is 0 Å². The Balaban J connectivity index is 1.87. The Hall–Kier alpha value is -1.53. The summed E-state index contributed by atoms with van der Waals surface area (Å²) in [5.41, 5.74) is 8.04. The molecule has 3 heteroatoms. The zero-order valence-corrected chi connectivity index (χ0v) is 11.0. The molecule has 2 rings (SSSR count). The van der Waals surface area contributed by atoms with Gasteiger partial charge in [-0.05, 0) is 49.0 Å². The van der Waals surface area contributed by atoms with Crippen LogP contribution in [0, 0.1) is 16.7 Å². The molecule has 1 heterocycles. The van der Waals surface area contributed by atoms with E-state index < -0.39 is 0 Å². The monoisotopic (exact) mass is 243 g/mol. The van der Waals surface area contributed by atoms with Crippen molar-refractivity contribution in [2.45, 2.75) is 32.7 Å². The summed E-state index contributed by atoms with van der Waals surface area (Å²) < 4.78 is 0. The molecular formula is C15H21N3. The standard InChI is InChI=1S/C15H21N3/c1-15(6-9-16)7-10-18(11-8-15)12-13-2-4-14(17)5-3-13/h2-5H,6-8,10-12,17H2,1H3. The second kappa shape index (κ2) is 5.41. The highest BCUT2D eigenvalue weighted by Crippen LogP contribution is 2.34. The number of nitrogens with zero attached hydrogens (tertiary/aromatic N) is 2. The quantitative estimate of drug-likeness (QED) is 0.830. The van der Waals surface area contributed by atoms with Crippen LogP contribution in [0.5, 0.6) is 0 Å². The lowest BCUT2D eigenvalue weighted by Gasteiger charge is -2.38. The van der Waals surface area contributed by atoms with Crippen molar-refractivity contribution in [3.05, 3.63) is 29.8 Å². The normalized spacial score (nSPS) is 19.3. The molecule has 0 radical (unpaired) electrons. The number of likely N-dealkylation sites (tertiary alicyclic amines) is 1. The summed E-state index contributed by atoms with van der Waals surface area (Å²) >= 11 is 0. The minimum Gasteiger partial charge on any atom is -0.399 e. The molecule has 18 heavy (non-hydrogen) atoms. The Morgan fingerprint density at radius 3 is 2.44 bits per heavy atom. The summed E-state index contributed by atoms with van der Waals surface area (Å²) in [6.45, 7) is 5.39. The average Bonchev–Trinajstić information content (AvgIpc) is 2.35. The van der Waals surface area contributed by atoms with Gasteiger partial charge < -0.3 is 5.73 Å². The molecule has 1 aliphatic rings. The summed E-state index contributed by atoms with van der Waals surface area (Å²) in [7, 11) is 0. The molecule has 96 valence electrons. The highest BCUT2D eigenvalue weighted by molar-refractivity contribution is 5.39. The first-order chi connectivity index (χ1) is 8.61. The summed E-state index contributed by atoms with van der Waals surface area (Å²) in [5.74, 6) is 0. The maximum atomic E-state index is 8.84. The van der Waals surface area contributed by atoms with Gasteiger partial charge >= 0.3 is 0 Å². The van der Waals surface area contributed by atoms with Crippen molar-refractivity contribution in [3.8, 4) is 6.07 Å². The predicted octanol–water partition coefficient (Wildman–Crippen LogP) is 2.78. The van der Waals surface area contributed by atoms with E-state index in [1.54, 1.807) is 0 Å². The average molecular weight is 243 g/mol. The number of anilines is 1. The molecule has 0 saturated carbocycles. The Morgan fingerprint density at radius 2 is 1.89 bits per heavy atom. The third-order valence-electron chi connectivity index (χ3n) is 3.95. The van der Waals surface area contributed by atoms with Crippen molar-refractivity contribution >= 4 is 5.69 Å². The van der Waals surface area contributed by atoms with Gasteiger partial charge in [0.2, 0.25) is 0 Å². The van der Waals surface area contributed by atoms with Gasteiger partial charge in [0, 0.05) is 18.7 Å². The van der Waals surface area contributed by atoms with Crippen LogP contribution in [0.25, 0.3) is 0 Å². The number of benzene rings is 1. The molecule has 3 nitrogen and oxygen atoms in total. The maximum absolute atomic E-state index is 8.84. The van der Waals surface area contributed by atoms with Gasteiger partial charge in [0.15, 0.2) is 0 Å². The van der Waals surface area contributed by atoms with Crippen LogP contribution in [0.3, 0.4) is 0 Å². The van der Waals surface area contributed by atoms with Crippen LogP contribution in [0.1, 0.15) is 31.7 Å². The summed E-state index contributed by atoms with van der Waals surface area (Å²) in [6.07, 6.45) is 2.92. The van der Waals surface area contributed by atoms with E-state index in [1.807, 2.05) is 12.1 Å². The van der Waals surface area contributed by atoms with Gasteiger partial charge in [-0.1, -0.05) is 19.1 Å². The van der Waals surface area contributed by atoms with Gasteiger partial charge in [-0.25, -0.2) is 0 Å². The summed E-state index contributed by atoms with van der Waals surface area (Å²) in [6, 6.07) is 10.4. The van der Waals surface area contributed by atoms with Crippen LogP contribution >= 0.6 is 0 Å².